The summed E-state index contributed by atoms with van der Waals surface area (Å²) in [6.45, 7) is 0. The van der Waals surface area contributed by atoms with Crippen LogP contribution in [0, 0.1) is 0 Å². The third kappa shape index (κ3) is 180. The zero-order valence-corrected chi connectivity index (χ0v) is 24.5. The van der Waals surface area contributed by atoms with Gasteiger partial charge in [0.25, 0.3) is 0 Å². The van der Waals surface area contributed by atoms with Crippen LogP contribution in [0.5, 0.6) is 0 Å². The van der Waals surface area contributed by atoms with Crippen LogP contribution in [0.3, 0.4) is 0 Å². The average molecular weight is 415 g/mol. The van der Waals surface area contributed by atoms with Crippen molar-refractivity contribution in [1.82, 2.24) is 0 Å². The van der Waals surface area contributed by atoms with E-state index in [1.807, 2.05) is 0 Å². The maximum atomic E-state index is 8.52. The molecule has 16 heavy (non-hydrogen) atoms. The van der Waals surface area contributed by atoms with Crippen LogP contribution in [-0.2, 0) is 41.8 Å². The van der Waals surface area contributed by atoms with Crippen LogP contribution in [0.1, 0.15) is 0 Å². The Balaban J connectivity index is -0.0000000144. The first kappa shape index (κ1) is 43.4. The van der Waals surface area contributed by atoms with Crippen molar-refractivity contribution in [2.45, 2.75) is 0 Å². The second-order valence-electron chi connectivity index (χ2n) is 0.816. The van der Waals surface area contributed by atoms with Gasteiger partial charge in [0, 0.05) is 20.8 Å². The molecule has 0 amide bonds. The Morgan fingerprint density at radius 3 is 0.562 bits per heavy atom. The average Bonchev–Trinajstić information content (AvgIpc) is 1.59. The van der Waals surface area contributed by atoms with Crippen LogP contribution >= 0.6 is 0 Å². The summed E-state index contributed by atoms with van der Waals surface area (Å²) >= 11 is 1.06. The Hall–Kier alpha value is 6.67. The van der Waals surface area contributed by atoms with Crippen LogP contribution < -0.4 is 206 Å². The van der Waals surface area contributed by atoms with Gasteiger partial charge in [-0.05, 0) is 0 Å². The first-order chi connectivity index (χ1) is 5.00. The fourth-order valence-corrected chi connectivity index (χ4v) is 0. The molecule has 0 bridgehead atoms. The monoisotopic (exact) mass is 415 g/mol. The van der Waals surface area contributed by atoms with Crippen molar-refractivity contribution in [3.05, 3.63) is 0 Å². The van der Waals surface area contributed by atoms with Gasteiger partial charge in [-0.2, -0.15) is 0 Å². The van der Waals surface area contributed by atoms with E-state index in [1.165, 1.54) is 0 Å². The summed E-state index contributed by atoms with van der Waals surface area (Å²) < 4.78 is 76.4. The summed E-state index contributed by atoms with van der Waals surface area (Å²) in [6.07, 6.45) is 0. The molecule has 0 aliphatic carbocycles. The second kappa shape index (κ2) is 26.6. The quantitative estimate of drug-likeness (QED) is 0.211. The molecule has 0 N–H and O–H groups in total. The topological polar surface area (TPSA) is 178 Å². The summed E-state index contributed by atoms with van der Waals surface area (Å²) in [7, 11) is -10.3. The molecule has 0 saturated heterocycles. The van der Waals surface area contributed by atoms with E-state index in [-0.39, 0.29) is 206 Å². The Bertz CT molecular complexity index is 235. The number of rotatable bonds is 0. The summed E-state index contributed by atoms with van der Waals surface area (Å²) in [6, 6.07) is 0. The molecule has 0 unspecified atom stereocenters. The molecule has 0 aromatic carbocycles. The standard InChI is InChI=1S/4K.2H2O4S.O.V/c;;;;2*1-5(2,3)4;;/h;;;;2*(H2,1,2,3,4);;/q4*+1;;;;/p-4. The molecule has 0 atom stereocenters. The summed E-state index contributed by atoms with van der Waals surface area (Å²) in [4.78, 5) is 0. The summed E-state index contributed by atoms with van der Waals surface area (Å²) in [5.41, 5.74) is 0. The maximum absolute atomic E-state index is 8.52. The van der Waals surface area contributed by atoms with Crippen molar-refractivity contribution in [1.29, 1.82) is 0 Å². The third-order valence-electron chi connectivity index (χ3n) is 0. The summed E-state index contributed by atoms with van der Waals surface area (Å²) in [5, 5.41) is 0. The number of hydrogen-bond acceptors (Lipinski definition) is 9. The van der Waals surface area contributed by atoms with Gasteiger partial charge in [-0.25, -0.2) is 0 Å². The van der Waals surface area contributed by atoms with Gasteiger partial charge in [0.2, 0.25) is 0 Å². The van der Waals surface area contributed by atoms with E-state index in [2.05, 4.69) is 0 Å². The van der Waals surface area contributed by atoms with Crippen molar-refractivity contribution in [3.63, 3.8) is 0 Å². The molecule has 0 spiro atoms. The normalized spacial score (nSPS) is 7.44. The Morgan fingerprint density at radius 2 is 0.562 bits per heavy atom. The molecular weight excluding hydrogens is 415 g/mol. The molecule has 0 aromatic heterocycles. The van der Waals surface area contributed by atoms with E-state index in [4.69, 9.17) is 38.7 Å². The van der Waals surface area contributed by atoms with Gasteiger partial charge >= 0.3 is 227 Å². The van der Waals surface area contributed by atoms with Crippen LogP contribution in [0.4, 0.5) is 0 Å². The molecule has 9 nitrogen and oxygen atoms in total. The molecule has 0 aromatic rings. The Morgan fingerprint density at radius 1 is 0.562 bits per heavy atom. The Kier molecular flexibility index (Phi) is 72.0. The zero-order chi connectivity index (χ0) is 11.0. The van der Waals surface area contributed by atoms with E-state index < -0.39 is 20.8 Å². The molecule has 0 heterocycles. The molecule has 75 valence electrons. The molecule has 16 heteroatoms. The van der Waals surface area contributed by atoms with Gasteiger partial charge in [0.1, 0.15) is 0 Å². The number of hydrogen-bond donors (Lipinski definition) is 0. The minimum atomic E-state index is -5.17. The SMILES string of the molecule is O=S(=O)([O-])[O-].O=S(=O)([O-])[O-].[K+].[K+].[K+].[K+].[O]=[V]. The molecule has 0 aliphatic heterocycles. The zero-order valence-electron chi connectivity index (χ0n) is 8.94. The van der Waals surface area contributed by atoms with E-state index in [0.717, 1.165) is 17.4 Å². The van der Waals surface area contributed by atoms with E-state index >= 15 is 0 Å². The van der Waals surface area contributed by atoms with Gasteiger partial charge in [-0.15, -0.1) is 0 Å². The third-order valence-corrected chi connectivity index (χ3v) is 0. The van der Waals surface area contributed by atoms with Crippen LogP contribution in [0.15, 0.2) is 0 Å². The first-order valence-corrected chi connectivity index (χ1v) is 4.75. The summed E-state index contributed by atoms with van der Waals surface area (Å²) in [5.74, 6) is 0. The molecule has 0 fully saturated rings. The van der Waals surface area contributed by atoms with Crippen LogP contribution in [0.2, 0.25) is 0 Å². The fourth-order valence-electron chi connectivity index (χ4n) is 0. The molecule has 0 saturated carbocycles. The predicted molar refractivity (Wildman–Crippen MR) is 21.6 cm³/mol. The minimum absolute atomic E-state index is 0. The van der Waals surface area contributed by atoms with Crippen molar-refractivity contribution in [2.24, 2.45) is 0 Å². The van der Waals surface area contributed by atoms with E-state index in [9.17, 15) is 0 Å². The van der Waals surface area contributed by atoms with Crippen molar-refractivity contribution < 1.29 is 262 Å². The molecule has 0 aliphatic rings. The van der Waals surface area contributed by atoms with Crippen LogP contribution in [-0.4, -0.2) is 35.0 Å². The molecule has 0 rings (SSSR count). The van der Waals surface area contributed by atoms with E-state index in [1.54, 1.807) is 0 Å². The van der Waals surface area contributed by atoms with Gasteiger partial charge in [-0.3, -0.25) is 16.8 Å². The van der Waals surface area contributed by atoms with Crippen molar-refractivity contribution >= 4 is 20.8 Å². The van der Waals surface area contributed by atoms with Gasteiger partial charge in [0.15, 0.2) is 0 Å². The van der Waals surface area contributed by atoms with Gasteiger partial charge < -0.3 is 18.2 Å². The van der Waals surface area contributed by atoms with E-state index in [0.29, 0.717) is 0 Å². The van der Waals surface area contributed by atoms with Crippen LogP contribution in [0.25, 0.3) is 0 Å². The van der Waals surface area contributed by atoms with Gasteiger partial charge in [-0.1, -0.05) is 0 Å². The van der Waals surface area contributed by atoms with Crippen molar-refractivity contribution in [2.75, 3.05) is 0 Å². The second-order valence-corrected chi connectivity index (χ2v) is 2.45. The van der Waals surface area contributed by atoms with Gasteiger partial charge in [0.05, 0.1) is 0 Å². The fraction of sp³-hybridized carbons (Fsp3) is 0. The molecule has 0 radical (unpaired) electrons. The van der Waals surface area contributed by atoms with Crippen molar-refractivity contribution in [3.8, 4) is 0 Å². The Labute approximate surface area is 273 Å². The first-order valence-electron chi connectivity index (χ1n) is 1.52. The molecular formula is K4O9S2V. The predicted octanol–water partition coefficient (Wildman–Crippen LogP) is -14.8.